The van der Waals surface area contributed by atoms with Gasteiger partial charge in [0, 0.05) is 17.0 Å². The average Bonchev–Trinajstić information content (AvgIpc) is 3.00. The minimum Gasteiger partial charge on any atom is -0.512 e. The van der Waals surface area contributed by atoms with Crippen LogP contribution in [0.25, 0.3) is 0 Å². The van der Waals surface area contributed by atoms with Gasteiger partial charge in [-0.05, 0) is 36.6 Å². The first-order chi connectivity index (χ1) is 12.0. The Balaban J connectivity index is 1.95. The number of hydrogen-bond donors (Lipinski definition) is 1. The molecular weight excluding hydrogens is 327 g/mol. The monoisotopic (exact) mass is 352 g/mol. The first-order valence-electron chi connectivity index (χ1n) is 8.81. The van der Waals surface area contributed by atoms with Gasteiger partial charge >= 0.3 is 0 Å². The van der Waals surface area contributed by atoms with Gasteiger partial charge in [0.15, 0.2) is 7.14 Å². The molecule has 1 N–H and O–H groups in total. The van der Waals surface area contributed by atoms with Crippen LogP contribution in [0, 0.1) is 11.8 Å². The number of allylic oxidation sites excluding steroid dienone is 3. The minimum atomic E-state index is -2.81. The molecular formula is C22H25O2P. The summed E-state index contributed by atoms with van der Waals surface area (Å²) >= 11 is 0. The summed E-state index contributed by atoms with van der Waals surface area (Å²) in [5.74, 6) is 3.01. The lowest BCUT2D eigenvalue weighted by atomic mass is 9.89. The number of rotatable bonds is 5. The molecule has 2 nitrogen and oxygen atoms in total. The Kier molecular flexibility index (Phi) is 5.30. The molecule has 0 aliphatic heterocycles. The summed E-state index contributed by atoms with van der Waals surface area (Å²) in [7, 11) is -2.81. The maximum Gasteiger partial charge on any atom is 0.163 e. The van der Waals surface area contributed by atoms with E-state index in [-0.39, 0.29) is 5.92 Å². The molecule has 0 radical (unpaired) electrons. The molecule has 1 aliphatic carbocycles. The van der Waals surface area contributed by atoms with Crippen molar-refractivity contribution >= 4 is 17.8 Å². The van der Waals surface area contributed by atoms with Gasteiger partial charge in [-0.25, -0.2) is 0 Å². The van der Waals surface area contributed by atoms with E-state index in [4.69, 9.17) is 0 Å². The molecule has 0 amide bonds. The van der Waals surface area contributed by atoms with Crippen LogP contribution in [-0.4, -0.2) is 5.11 Å². The van der Waals surface area contributed by atoms with E-state index in [0.29, 0.717) is 11.7 Å². The van der Waals surface area contributed by atoms with Crippen molar-refractivity contribution in [3.05, 3.63) is 83.9 Å². The third-order valence-corrected chi connectivity index (χ3v) is 7.94. The van der Waals surface area contributed by atoms with Gasteiger partial charge in [0.25, 0.3) is 0 Å². The Hall–Kier alpha value is -2.05. The first kappa shape index (κ1) is 17.8. The number of benzene rings is 2. The lowest BCUT2D eigenvalue weighted by Crippen LogP contribution is -2.15. The molecule has 0 saturated heterocycles. The van der Waals surface area contributed by atoms with E-state index in [9.17, 15) is 9.67 Å². The molecule has 130 valence electrons. The molecule has 1 aliphatic rings. The quantitative estimate of drug-likeness (QED) is 0.732. The van der Waals surface area contributed by atoms with Gasteiger partial charge in [0.1, 0.15) is 0 Å². The van der Waals surface area contributed by atoms with Gasteiger partial charge in [-0.2, -0.15) is 0 Å². The fourth-order valence-electron chi connectivity index (χ4n) is 3.59. The van der Waals surface area contributed by atoms with Crippen LogP contribution >= 0.6 is 7.14 Å². The third kappa shape index (κ3) is 3.65. The highest BCUT2D eigenvalue weighted by atomic mass is 31.2. The van der Waals surface area contributed by atoms with Crippen molar-refractivity contribution in [1.82, 2.24) is 0 Å². The van der Waals surface area contributed by atoms with Gasteiger partial charge in [-0.3, -0.25) is 0 Å². The summed E-state index contributed by atoms with van der Waals surface area (Å²) in [6, 6.07) is 19.4. The van der Waals surface area contributed by atoms with Crippen molar-refractivity contribution in [3.8, 4) is 0 Å². The maximum absolute atomic E-state index is 13.9. The van der Waals surface area contributed by atoms with Gasteiger partial charge in [0.05, 0.1) is 5.76 Å². The van der Waals surface area contributed by atoms with E-state index in [2.05, 4.69) is 13.0 Å². The second kappa shape index (κ2) is 7.45. The highest BCUT2D eigenvalue weighted by Gasteiger charge is 2.28. The van der Waals surface area contributed by atoms with Crippen LogP contribution in [0.5, 0.6) is 0 Å². The van der Waals surface area contributed by atoms with E-state index in [1.54, 1.807) is 0 Å². The molecule has 0 heterocycles. The Morgan fingerprint density at radius 2 is 1.56 bits per heavy atom. The molecule has 3 heteroatoms. The van der Waals surface area contributed by atoms with Crippen molar-refractivity contribution in [2.45, 2.75) is 26.7 Å². The summed E-state index contributed by atoms with van der Waals surface area (Å²) < 4.78 is 13.9. The van der Waals surface area contributed by atoms with Gasteiger partial charge < -0.3 is 9.67 Å². The van der Waals surface area contributed by atoms with E-state index < -0.39 is 7.14 Å². The topological polar surface area (TPSA) is 37.3 Å². The standard InChI is InChI=1S/C22H25O2P/c1-17(21-13-14-22(23)18(21)2)15-16-25(24,19-9-5-3-6-10-19)20-11-7-4-8-12-20/h3-12,15-17,21,23H,13-14H2,1-2H3/b16-15+/t17-,21+/m0/s1. The molecule has 0 saturated carbocycles. The van der Waals surface area contributed by atoms with E-state index in [0.717, 1.165) is 29.0 Å². The second-order valence-corrected chi connectivity index (χ2v) is 9.45. The van der Waals surface area contributed by atoms with Crippen LogP contribution in [0.4, 0.5) is 0 Å². The Morgan fingerprint density at radius 3 is 2.00 bits per heavy atom. The van der Waals surface area contributed by atoms with Gasteiger partial charge in [-0.15, -0.1) is 0 Å². The molecule has 2 atom stereocenters. The summed E-state index contributed by atoms with van der Waals surface area (Å²) in [4.78, 5) is 0. The highest BCUT2D eigenvalue weighted by molar-refractivity contribution is 7.81. The molecule has 2 aromatic carbocycles. The molecule has 0 spiro atoms. The predicted octanol–water partition coefficient (Wildman–Crippen LogP) is 5.39. The fraction of sp³-hybridized carbons (Fsp3) is 0.273. The van der Waals surface area contributed by atoms with Crippen molar-refractivity contribution < 1.29 is 9.67 Å². The third-order valence-electron chi connectivity index (χ3n) is 5.22. The molecule has 0 unspecified atom stereocenters. The smallest absolute Gasteiger partial charge is 0.163 e. The zero-order valence-electron chi connectivity index (χ0n) is 14.8. The Morgan fingerprint density at radius 1 is 1.04 bits per heavy atom. The normalized spacial score (nSPS) is 19.5. The van der Waals surface area contributed by atoms with Gasteiger partial charge in [0.2, 0.25) is 0 Å². The SMILES string of the molecule is CC1=C(O)CC[C@@H]1[C@@H](C)/C=C/P(=O)(c1ccccc1)c1ccccc1. The molecule has 3 rings (SSSR count). The predicted molar refractivity (Wildman–Crippen MR) is 106 cm³/mol. The van der Waals surface area contributed by atoms with Crippen LogP contribution in [0.15, 0.2) is 83.9 Å². The average molecular weight is 352 g/mol. The van der Waals surface area contributed by atoms with Crippen LogP contribution in [-0.2, 0) is 4.57 Å². The lowest BCUT2D eigenvalue weighted by molar-refractivity contribution is 0.393. The summed E-state index contributed by atoms with van der Waals surface area (Å²) in [5.41, 5.74) is 1.08. The van der Waals surface area contributed by atoms with Crippen molar-refractivity contribution in [3.63, 3.8) is 0 Å². The lowest BCUT2D eigenvalue weighted by Gasteiger charge is -2.19. The number of hydrogen-bond acceptors (Lipinski definition) is 2. The first-order valence-corrected chi connectivity index (χ1v) is 10.6. The zero-order valence-corrected chi connectivity index (χ0v) is 15.7. The molecule has 0 fully saturated rings. The fourth-order valence-corrected chi connectivity index (χ4v) is 5.97. The summed E-state index contributed by atoms with van der Waals surface area (Å²) in [6.45, 7) is 4.15. The minimum absolute atomic E-state index is 0.241. The van der Waals surface area contributed by atoms with E-state index in [1.165, 1.54) is 0 Å². The van der Waals surface area contributed by atoms with E-state index >= 15 is 0 Å². The largest absolute Gasteiger partial charge is 0.512 e. The molecule has 0 aromatic heterocycles. The Bertz CT molecular complexity index is 778. The van der Waals surface area contributed by atoms with E-state index in [1.807, 2.05) is 73.4 Å². The summed E-state index contributed by atoms with van der Waals surface area (Å²) in [6.07, 6.45) is 3.79. The van der Waals surface area contributed by atoms with Crippen LogP contribution in [0.2, 0.25) is 0 Å². The van der Waals surface area contributed by atoms with Crippen LogP contribution < -0.4 is 10.6 Å². The zero-order chi connectivity index (χ0) is 17.9. The highest BCUT2D eigenvalue weighted by Crippen LogP contribution is 2.46. The van der Waals surface area contributed by atoms with Crippen LogP contribution in [0.1, 0.15) is 26.7 Å². The second-order valence-electron chi connectivity index (χ2n) is 6.80. The molecule has 2 aromatic rings. The van der Waals surface area contributed by atoms with Gasteiger partial charge in [-0.1, -0.05) is 73.7 Å². The summed E-state index contributed by atoms with van der Waals surface area (Å²) in [5, 5.41) is 11.6. The van der Waals surface area contributed by atoms with Crippen molar-refractivity contribution in [2.24, 2.45) is 11.8 Å². The van der Waals surface area contributed by atoms with Crippen molar-refractivity contribution in [1.29, 1.82) is 0 Å². The molecule has 0 bridgehead atoms. The number of aliphatic hydroxyl groups is 1. The Labute approximate surface area is 150 Å². The van der Waals surface area contributed by atoms with Crippen LogP contribution in [0.3, 0.4) is 0 Å². The molecule has 25 heavy (non-hydrogen) atoms. The van der Waals surface area contributed by atoms with Crippen molar-refractivity contribution in [2.75, 3.05) is 0 Å². The maximum atomic E-state index is 13.9. The number of aliphatic hydroxyl groups excluding tert-OH is 1.